The first-order valence-electron chi connectivity index (χ1n) is 6.36. The molecule has 0 amide bonds. The lowest BCUT2D eigenvalue weighted by Crippen LogP contribution is -2.20. The van der Waals surface area contributed by atoms with Crippen molar-refractivity contribution in [3.8, 4) is 5.88 Å². The lowest BCUT2D eigenvalue weighted by Gasteiger charge is -2.17. The molecule has 1 atom stereocenters. The van der Waals surface area contributed by atoms with Gasteiger partial charge in [0.05, 0.1) is 25.7 Å². The Balaban J connectivity index is 2.16. The smallest absolute Gasteiger partial charge is 0.212 e. The molecule has 0 fully saturated rings. The lowest BCUT2D eigenvalue weighted by molar-refractivity contribution is 0.397. The van der Waals surface area contributed by atoms with E-state index in [1.165, 1.54) is 0 Å². The highest BCUT2D eigenvalue weighted by Crippen LogP contribution is 2.19. The van der Waals surface area contributed by atoms with Gasteiger partial charge in [-0.15, -0.1) is 0 Å². The Kier molecular flexibility index (Phi) is 4.16. The normalized spacial score (nSPS) is 12.7. The Morgan fingerprint density at radius 1 is 1.32 bits per heavy atom. The quantitative estimate of drug-likeness (QED) is 0.892. The van der Waals surface area contributed by atoms with Crippen LogP contribution in [0.25, 0.3) is 0 Å². The first-order chi connectivity index (χ1) is 9.11. The lowest BCUT2D eigenvalue weighted by atomic mass is 10.0. The second-order valence-corrected chi connectivity index (χ2v) is 4.93. The molecule has 0 aromatic carbocycles. The monoisotopic (exact) mass is 260 g/mol. The van der Waals surface area contributed by atoms with Gasteiger partial charge in [0.2, 0.25) is 5.88 Å². The average Bonchev–Trinajstić information content (AvgIpc) is 2.86. The fourth-order valence-corrected chi connectivity index (χ4v) is 1.90. The van der Waals surface area contributed by atoms with Gasteiger partial charge in [-0.25, -0.2) is 9.97 Å². The third kappa shape index (κ3) is 3.12. The summed E-state index contributed by atoms with van der Waals surface area (Å²) in [6.45, 7) is 4.93. The van der Waals surface area contributed by atoms with Crippen molar-refractivity contribution in [1.82, 2.24) is 14.5 Å². The first-order valence-corrected chi connectivity index (χ1v) is 6.36. The highest BCUT2D eigenvalue weighted by molar-refractivity contribution is 5.19. The van der Waals surface area contributed by atoms with Crippen molar-refractivity contribution in [2.45, 2.75) is 26.4 Å². The molecule has 0 aliphatic carbocycles. The van der Waals surface area contributed by atoms with Crippen LogP contribution in [0.1, 0.15) is 31.1 Å². The molecule has 0 bridgehead atoms. The minimum Gasteiger partial charge on any atom is -0.481 e. The van der Waals surface area contributed by atoms with E-state index in [0.29, 0.717) is 18.3 Å². The van der Waals surface area contributed by atoms with Gasteiger partial charge >= 0.3 is 0 Å². The molecule has 102 valence electrons. The van der Waals surface area contributed by atoms with Crippen LogP contribution in [0.4, 0.5) is 0 Å². The second-order valence-electron chi connectivity index (χ2n) is 4.93. The summed E-state index contributed by atoms with van der Waals surface area (Å²) in [5.41, 5.74) is 8.33. The number of nitrogens with two attached hydrogens (primary N) is 1. The molecule has 0 saturated heterocycles. The van der Waals surface area contributed by atoms with Gasteiger partial charge in [-0.3, -0.25) is 0 Å². The van der Waals surface area contributed by atoms with Gasteiger partial charge in [-0.05, 0) is 11.5 Å². The van der Waals surface area contributed by atoms with Crippen LogP contribution in [0.2, 0.25) is 0 Å². The molecule has 19 heavy (non-hydrogen) atoms. The van der Waals surface area contributed by atoms with Crippen LogP contribution < -0.4 is 10.5 Å². The van der Waals surface area contributed by atoms with Crippen LogP contribution in [0.15, 0.2) is 30.9 Å². The minimum atomic E-state index is -0.00583. The fraction of sp³-hybridized carbons (Fsp3) is 0.429. The van der Waals surface area contributed by atoms with Crippen LogP contribution >= 0.6 is 0 Å². The third-order valence-electron chi connectivity index (χ3n) is 3.16. The van der Waals surface area contributed by atoms with Crippen molar-refractivity contribution in [2.75, 3.05) is 7.11 Å². The number of hydrogen-bond donors (Lipinski definition) is 1. The molecule has 0 spiro atoms. The summed E-state index contributed by atoms with van der Waals surface area (Å²) >= 11 is 0. The Morgan fingerprint density at radius 2 is 2.11 bits per heavy atom. The zero-order valence-corrected chi connectivity index (χ0v) is 11.6. The number of pyridine rings is 1. The SMILES string of the molecule is COc1ccc(Cn2cncc2C(N)C(C)C)cn1. The number of imidazole rings is 1. The van der Waals surface area contributed by atoms with Gasteiger partial charge < -0.3 is 15.0 Å². The summed E-state index contributed by atoms with van der Waals surface area (Å²) in [4.78, 5) is 8.39. The molecule has 5 nitrogen and oxygen atoms in total. The number of aromatic nitrogens is 3. The van der Waals surface area contributed by atoms with E-state index in [-0.39, 0.29) is 6.04 Å². The third-order valence-corrected chi connectivity index (χ3v) is 3.16. The average molecular weight is 260 g/mol. The summed E-state index contributed by atoms with van der Waals surface area (Å²) in [6.07, 6.45) is 5.45. The molecule has 0 aliphatic rings. The van der Waals surface area contributed by atoms with Crippen molar-refractivity contribution in [2.24, 2.45) is 11.7 Å². The second kappa shape index (κ2) is 5.84. The molecule has 2 N–H and O–H groups in total. The first kappa shape index (κ1) is 13.5. The molecule has 2 aromatic rings. The number of nitrogens with zero attached hydrogens (tertiary/aromatic N) is 3. The van der Waals surface area contributed by atoms with Gasteiger partial charge in [0, 0.05) is 24.5 Å². The zero-order chi connectivity index (χ0) is 13.8. The van der Waals surface area contributed by atoms with E-state index in [0.717, 1.165) is 11.3 Å². The van der Waals surface area contributed by atoms with Crippen molar-refractivity contribution < 1.29 is 4.74 Å². The Morgan fingerprint density at radius 3 is 2.68 bits per heavy atom. The number of hydrogen-bond acceptors (Lipinski definition) is 4. The van der Waals surface area contributed by atoms with Crippen LogP contribution in [0.3, 0.4) is 0 Å². The molecule has 1 unspecified atom stereocenters. The van der Waals surface area contributed by atoms with E-state index in [1.807, 2.05) is 30.9 Å². The fourth-order valence-electron chi connectivity index (χ4n) is 1.90. The topological polar surface area (TPSA) is 66.0 Å². The molecule has 0 saturated carbocycles. The summed E-state index contributed by atoms with van der Waals surface area (Å²) < 4.78 is 7.11. The van der Waals surface area contributed by atoms with Crippen LogP contribution in [-0.2, 0) is 6.54 Å². The molecule has 0 aliphatic heterocycles. The standard InChI is InChI=1S/C14H20N4O/c1-10(2)14(15)12-7-16-9-18(12)8-11-4-5-13(19-3)17-6-11/h4-7,9-10,14H,8,15H2,1-3H3. The van der Waals surface area contributed by atoms with Gasteiger partial charge in [0.25, 0.3) is 0 Å². The van der Waals surface area contributed by atoms with E-state index in [9.17, 15) is 0 Å². The van der Waals surface area contributed by atoms with Crippen LogP contribution in [-0.4, -0.2) is 21.6 Å². The number of methoxy groups -OCH3 is 1. The van der Waals surface area contributed by atoms with E-state index in [1.54, 1.807) is 7.11 Å². The summed E-state index contributed by atoms with van der Waals surface area (Å²) in [5.74, 6) is 0.998. The van der Waals surface area contributed by atoms with Gasteiger partial charge in [0.1, 0.15) is 0 Å². The van der Waals surface area contributed by atoms with E-state index in [2.05, 4.69) is 28.4 Å². The van der Waals surface area contributed by atoms with Gasteiger partial charge in [0.15, 0.2) is 0 Å². The molecule has 0 radical (unpaired) electrons. The van der Waals surface area contributed by atoms with Crippen molar-refractivity contribution in [1.29, 1.82) is 0 Å². The van der Waals surface area contributed by atoms with Gasteiger partial charge in [-0.1, -0.05) is 19.9 Å². The summed E-state index contributed by atoms with van der Waals surface area (Å²) in [7, 11) is 1.61. The molecule has 2 rings (SSSR count). The van der Waals surface area contributed by atoms with Crippen molar-refractivity contribution >= 4 is 0 Å². The maximum Gasteiger partial charge on any atom is 0.212 e. The Hall–Kier alpha value is -1.88. The number of ether oxygens (including phenoxy) is 1. The molecular weight excluding hydrogens is 240 g/mol. The molecule has 5 heteroatoms. The van der Waals surface area contributed by atoms with E-state index < -0.39 is 0 Å². The summed E-state index contributed by atoms with van der Waals surface area (Å²) in [6, 6.07) is 3.85. The highest BCUT2D eigenvalue weighted by Gasteiger charge is 2.15. The predicted molar refractivity (Wildman–Crippen MR) is 73.9 cm³/mol. The molecule has 2 aromatic heterocycles. The van der Waals surface area contributed by atoms with Crippen LogP contribution in [0, 0.1) is 5.92 Å². The zero-order valence-electron chi connectivity index (χ0n) is 11.6. The minimum absolute atomic E-state index is 0.00583. The van der Waals surface area contributed by atoms with Crippen molar-refractivity contribution in [3.63, 3.8) is 0 Å². The summed E-state index contributed by atoms with van der Waals surface area (Å²) in [5, 5.41) is 0. The van der Waals surface area contributed by atoms with E-state index >= 15 is 0 Å². The predicted octanol–water partition coefficient (Wildman–Crippen LogP) is 1.99. The number of rotatable bonds is 5. The maximum atomic E-state index is 6.19. The maximum absolute atomic E-state index is 6.19. The Labute approximate surface area is 113 Å². The van der Waals surface area contributed by atoms with E-state index in [4.69, 9.17) is 10.5 Å². The largest absolute Gasteiger partial charge is 0.481 e. The van der Waals surface area contributed by atoms with Crippen molar-refractivity contribution in [3.05, 3.63) is 42.1 Å². The Bertz CT molecular complexity index is 518. The van der Waals surface area contributed by atoms with Gasteiger partial charge in [-0.2, -0.15) is 0 Å². The molecular formula is C14H20N4O. The highest BCUT2D eigenvalue weighted by atomic mass is 16.5. The van der Waals surface area contributed by atoms with Crippen LogP contribution in [0.5, 0.6) is 5.88 Å². The molecule has 2 heterocycles.